The van der Waals surface area contributed by atoms with Gasteiger partial charge >= 0.3 is 5.91 Å². The molecule has 0 aliphatic rings. The molecular weight excluding hydrogens is 280 g/mol. The minimum absolute atomic E-state index is 0.110. The smallest absolute Gasteiger partial charge is 0.313 e. The normalized spacial score (nSPS) is 11.4. The zero-order valence-corrected chi connectivity index (χ0v) is 12.2. The van der Waals surface area contributed by atoms with E-state index in [1.54, 1.807) is 18.2 Å². The molecule has 0 fully saturated rings. The molecule has 2 aromatic heterocycles. The minimum atomic E-state index is -0.557. The number of carbonyl (C=O) groups excluding carboxylic acids is 1. The number of aromatic nitrogens is 2. The van der Waals surface area contributed by atoms with Crippen LogP contribution in [0.5, 0.6) is 5.88 Å². The third kappa shape index (κ3) is 2.46. The first-order chi connectivity index (χ1) is 10.6. The summed E-state index contributed by atoms with van der Waals surface area (Å²) in [5.74, 6) is -0.667. The van der Waals surface area contributed by atoms with Crippen molar-refractivity contribution in [2.75, 3.05) is 0 Å². The number of fused-ring (bicyclic) bond motifs is 1. The van der Waals surface area contributed by atoms with Crippen LogP contribution in [-0.4, -0.2) is 21.0 Å². The number of azo groups is 1. The number of hydrogen-bond donors (Lipinski definition) is 2. The third-order valence-electron chi connectivity index (χ3n) is 3.33. The number of aromatic amines is 1. The number of hydrogen-bond acceptors (Lipinski definition) is 4. The quantitative estimate of drug-likeness (QED) is 0.704. The highest BCUT2D eigenvalue weighted by Crippen LogP contribution is 2.37. The lowest BCUT2D eigenvalue weighted by atomic mass is 10.1. The average molecular weight is 294 g/mol. The third-order valence-corrected chi connectivity index (χ3v) is 3.33. The molecule has 3 rings (SSSR count). The van der Waals surface area contributed by atoms with E-state index < -0.39 is 5.91 Å². The number of rotatable bonds is 2. The zero-order valence-electron chi connectivity index (χ0n) is 12.2. The minimum Gasteiger partial charge on any atom is -0.493 e. The van der Waals surface area contributed by atoms with E-state index in [9.17, 15) is 9.90 Å². The Hall–Kier alpha value is -3.02. The molecule has 22 heavy (non-hydrogen) atoms. The fraction of sp³-hybridized carbons (Fsp3) is 0.125. The molecule has 0 aliphatic heterocycles. The van der Waals surface area contributed by atoms with Crippen LogP contribution in [0, 0.1) is 13.8 Å². The SMILES string of the molecule is Cc1cc(C)c2[nH]c(O)c(N=NC(=O)c3ccccn3)c2c1. The van der Waals surface area contributed by atoms with Gasteiger partial charge in [0.1, 0.15) is 5.69 Å². The summed E-state index contributed by atoms with van der Waals surface area (Å²) in [6, 6.07) is 8.86. The van der Waals surface area contributed by atoms with Crippen molar-refractivity contribution in [1.29, 1.82) is 0 Å². The van der Waals surface area contributed by atoms with Crippen LogP contribution in [0.3, 0.4) is 0 Å². The van der Waals surface area contributed by atoms with Gasteiger partial charge in [-0.05, 0) is 37.6 Å². The molecule has 0 spiro atoms. The van der Waals surface area contributed by atoms with Gasteiger partial charge in [0.2, 0.25) is 5.88 Å². The Morgan fingerprint density at radius 2 is 2.09 bits per heavy atom. The molecule has 0 radical (unpaired) electrons. The van der Waals surface area contributed by atoms with Gasteiger partial charge in [-0.15, -0.1) is 10.2 Å². The summed E-state index contributed by atoms with van der Waals surface area (Å²) < 4.78 is 0. The summed E-state index contributed by atoms with van der Waals surface area (Å²) in [5.41, 5.74) is 3.27. The molecule has 6 nitrogen and oxygen atoms in total. The number of pyridine rings is 1. The van der Waals surface area contributed by atoms with Crippen molar-refractivity contribution in [2.24, 2.45) is 10.2 Å². The molecular formula is C16H14N4O2. The Kier molecular flexibility index (Phi) is 3.42. The number of benzene rings is 1. The first-order valence-corrected chi connectivity index (χ1v) is 6.75. The number of aryl methyl sites for hydroxylation is 2. The van der Waals surface area contributed by atoms with Crippen LogP contribution in [0.15, 0.2) is 46.8 Å². The van der Waals surface area contributed by atoms with Gasteiger partial charge in [-0.25, -0.2) is 0 Å². The lowest BCUT2D eigenvalue weighted by Crippen LogP contribution is -1.96. The fourth-order valence-electron chi connectivity index (χ4n) is 2.36. The van der Waals surface area contributed by atoms with Crippen LogP contribution in [0.4, 0.5) is 5.69 Å². The lowest BCUT2D eigenvalue weighted by molar-refractivity contribution is 0.0990. The molecule has 0 unspecified atom stereocenters. The van der Waals surface area contributed by atoms with Gasteiger partial charge in [0.25, 0.3) is 0 Å². The van der Waals surface area contributed by atoms with Gasteiger partial charge < -0.3 is 10.1 Å². The van der Waals surface area contributed by atoms with Crippen LogP contribution in [0.2, 0.25) is 0 Å². The first kappa shape index (κ1) is 13.9. The molecule has 0 bridgehead atoms. The van der Waals surface area contributed by atoms with Gasteiger partial charge in [-0.2, -0.15) is 0 Å². The highest BCUT2D eigenvalue weighted by molar-refractivity contribution is 5.97. The van der Waals surface area contributed by atoms with Crippen molar-refractivity contribution in [1.82, 2.24) is 9.97 Å². The maximum absolute atomic E-state index is 11.9. The molecule has 0 saturated heterocycles. The Balaban J connectivity index is 2.02. The van der Waals surface area contributed by atoms with Crippen molar-refractivity contribution >= 4 is 22.5 Å². The number of nitrogens with one attached hydrogen (secondary N) is 1. The van der Waals surface area contributed by atoms with E-state index in [1.165, 1.54) is 6.20 Å². The van der Waals surface area contributed by atoms with Crippen LogP contribution in [0.1, 0.15) is 21.6 Å². The van der Waals surface area contributed by atoms with E-state index in [2.05, 4.69) is 20.2 Å². The summed E-state index contributed by atoms with van der Waals surface area (Å²) >= 11 is 0. The van der Waals surface area contributed by atoms with Crippen LogP contribution < -0.4 is 0 Å². The molecule has 1 amide bonds. The molecule has 2 heterocycles. The zero-order chi connectivity index (χ0) is 15.7. The lowest BCUT2D eigenvalue weighted by Gasteiger charge is -1.98. The molecule has 0 saturated carbocycles. The molecule has 3 aromatic rings. The van der Waals surface area contributed by atoms with Crippen molar-refractivity contribution in [2.45, 2.75) is 13.8 Å². The summed E-state index contributed by atoms with van der Waals surface area (Å²) in [6.07, 6.45) is 1.51. The number of nitrogens with zero attached hydrogens (tertiary/aromatic N) is 3. The van der Waals surface area contributed by atoms with Gasteiger partial charge in [-0.1, -0.05) is 17.7 Å². The van der Waals surface area contributed by atoms with Gasteiger partial charge in [0.05, 0.1) is 5.52 Å². The van der Waals surface area contributed by atoms with Gasteiger partial charge in [-0.3, -0.25) is 9.78 Å². The maximum atomic E-state index is 11.9. The first-order valence-electron chi connectivity index (χ1n) is 6.75. The van der Waals surface area contributed by atoms with Crippen molar-refractivity contribution in [3.05, 3.63) is 53.3 Å². The highest BCUT2D eigenvalue weighted by Gasteiger charge is 2.13. The molecule has 6 heteroatoms. The monoisotopic (exact) mass is 294 g/mol. The molecule has 0 aliphatic carbocycles. The highest BCUT2D eigenvalue weighted by atomic mass is 16.3. The van der Waals surface area contributed by atoms with E-state index >= 15 is 0 Å². The van der Waals surface area contributed by atoms with E-state index in [-0.39, 0.29) is 17.3 Å². The number of amides is 1. The largest absolute Gasteiger partial charge is 0.493 e. The summed E-state index contributed by atoms with van der Waals surface area (Å²) in [4.78, 5) is 18.7. The molecule has 1 aromatic carbocycles. The van der Waals surface area contributed by atoms with E-state index in [1.807, 2.05) is 26.0 Å². The number of carbonyl (C=O) groups is 1. The van der Waals surface area contributed by atoms with E-state index in [0.29, 0.717) is 0 Å². The fourth-order valence-corrected chi connectivity index (χ4v) is 2.36. The predicted molar refractivity (Wildman–Crippen MR) is 82.5 cm³/mol. The molecule has 110 valence electrons. The number of aromatic hydroxyl groups is 1. The van der Waals surface area contributed by atoms with Crippen molar-refractivity contribution in [3.8, 4) is 5.88 Å². The predicted octanol–water partition coefficient (Wildman–Crippen LogP) is 3.81. The van der Waals surface area contributed by atoms with E-state index in [0.717, 1.165) is 22.0 Å². The average Bonchev–Trinajstić information content (AvgIpc) is 2.82. The summed E-state index contributed by atoms with van der Waals surface area (Å²) in [6.45, 7) is 3.89. The summed E-state index contributed by atoms with van der Waals surface area (Å²) in [5, 5.41) is 18.3. The standard InChI is InChI=1S/C16H14N4O2/c1-9-7-10(2)13-11(8-9)14(16(22)18-13)19-20-15(21)12-5-3-4-6-17-12/h3-8,18,22H,1-2H3. The second kappa shape index (κ2) is 5.40. The van der Waals surface area contributed by atoms with Gasteiger partial charge in [0.15, 0.2) is 5.69 Å². The second-order valence-electron chi connectivity index (χ2n) is 5.05. The Morgan fingerprint density at radius 3 is 2.82 bits per heavy atom. The van der Waals surface area contributed by atoms with Crippen molar-refractivity contribution < 1.29 is 9.90 Å². The van der Waals surface area contributed by atoms with Crippen molar-refractivity contribution in [3.63, 3.8) is 0 Å². The van der Waals surface area contributed by atoms with Crippen LogP contribution in [-0.2, 0) is 0 Å². The molecule has 2 N–H and O–H groups in total. The van der Waals surface area contributed by atoms with Crippen LogP contribution in [0.25, 0.3) is 10.9 Å². The number of H-pyrrole nitrogens is 1. The van der Waals surface area contributed by atoms with E-state index in [4.69, 9.17) is 0 Å². The topological polar surface area (TPSA) is 90.7 Å². The summed E-state index contributed by atoms with van der Waals surface area (Å²) in [7, 11) is 0. The Morgan fingerprint density at radius 1 is 1.27 bits per heavy atom. The Bertz CT molecular complexity index is 882. The Labute approximate surface area is 126 Å². The van der Waals surface area contributed by atoms with Gasteiger partial charge in [0, 0.05) is 11.6 Å². The maximum Gasteiger partial charge on any atom is 0.313 e. The molecule has 0 atom stereocenters. The van der Waals surface area contributed by atoms with Crippen LogP contribution >= 0.6 is 0 Å². The second-order valence-corrected chi connectivity index (χ2v) is 5.05.